The molecule has 1 aliphatic carbocycles. The van der Waals surface area contributed by atoms with Gasteiger partial charge < -0.3 is 15.0 Å². The molecule has 1 aliphatic rings. The molecule has 8 nitrogen and oxygen atoms in total. The van der Waals surface area contributed by atoms with Crippen molar-refractivity contribution in [2.24, 2.45) is 0 Å². The zero-order chi connectivity index (χ0) is 16.6. The van der Waals surface area contributed by atoms with Crippen LogP contribution < -0.4 is 5.32 Å². The molecule has 0 bridgehead atoms. The van der Waals surface area contributed by atoms with E-state index >= 15 is 0 Å². The number of non-ortho nitro benzene ring substituents is 1. The Labute approximate surface area is 130 Å². The smallest absolute Gasteiger partial charge is 0.329 e. The van der Waals surface area contributed by atoms with Crippen LogP contribution in [0.15, 0.2) is 30.5 Å². The van der Waals surface area contributed by atoms with Crippen LogP contribution in [-0.2, 0) is 16.1 Å². The summed E-state index contributed by atoms with van der Waals surface area (Å²) in [7, 11) is 0. The van der Waals surface area contributed by atoms with Crippen molar-refractivity contribution in [1.82, 2.24) is 9.88 Å². The summed E-state index contributed by atoms with van der Waals surface area (Å²) in [5.74, 6) is -1.40. The van der Waals surface area contributed by atoms with Crippen molar-refractivity contribution in [2.45, 2.75) is 31.3 Å². The number of aromatic nitrogens is 1. The first kappa shape index (κ1) is 15.0. The largest absolute Gasteiger partial charge is 0.480 e. The van der Waals surface area contributed by atoms with E-state index in [1.165, 1.54) is 12.1 Å². The van der Waals surface area contributed by atoms with Crippen LogP contribution in [0.3, 0.4) is 0 Å². The van der Waals surface area contributed by atoms with Crippen LogP contribution in [0.1, 0.15) is 19.3 Å². The normalized spacial score (nSPS) is 15.8. The molecule has 2 N–H and O–H groups in total. The van der Waals surface area contributed by atoms with Crippen molar-refractivity contribution >= 4 is 28.5 Å². The third kappa shape index (κ3) is 2.63. The molecule has 0 unspecified atom stereocenters. The molecule has 0 aliphatic heterocycles. The number of rotatable bonds is 5. The number of nitrogens with zero attached hydrogens (tertiary/aromatic N) is 2. The minimum absolute atomic E-state index is 0.0148. The van der Waals surface area contributed by atoms with Gasteiger partial charge in [0.2, 0.25) is 5.91 Å². The molecular formula is C15H15N3O5. The van der Waals surface area contributed by atoms with Gasteiger partial charge in [0, 0.05) is 29.2 Å². The summed E-state index contributed by atoms with van der Waals surface area (Å²) in [5, 5.41) is 23.2. The Kier molecular flexibility index (Phi) is 3.51. The summed E-state index contributed by atoms with van der Waals surface area (Å²) in [4.78, 5) is 33.7. The van der Waals surface area contributed by atoms with E-state index in [9.17, 15) is 24.8 Å². The van der Waals surface area contributed by atoms with Crippen molar-refractivity contribution < 1.29 is 19.6 Å². The number of amides is 1. The molecular weight excluding hydrogens is 302 g/mol. The fraction of sp³-hybridized carbons (Fsp3) is 0.333. The highest BCUT2D eigenvalue weighted by Crippen LogP contribution is 2.32. The lowest BCUT2D eigenvalue weighted by Crippen LogP contribution is -2.59. The Hall–Kier alpha value is -2.90. The third-order valence-corrected chi connectivity index (χ3v) is 4.27. The van der Waals surface area contributed by atoms with Crippen molar-refractivity contribution in [3.8, 4) is 0 Å². The Bertz CT molecular complexity index is 807. The molecule has 3 rings (SSSR count). The maximum atomic E-state index is 12.1. The Morgan fingerprint density at radius 1 is 1.35 bits per heavy atom. The number of nitro benzene ring substituents is 1. The SMILES string of the molecule is O=C(Cn1ccc2cc([N+](=O)[O-])ccc21)NC1(C(=O)O)CCC1. The first-order valence-electron chi connectivity index (χ1n) is 7.19. The molecule has 1 fully saturated rings. The molecule has 1 amide bonds. The number of aliphatic carboxylic acids is 1. The van der Waals surface area contributed by atoms with Crippen LogP contribution in [0, 0.1) is 10.1 Å². The van der Waals surface area contributed by atoms with E-state index in [2.05, 4.69) is 5.32 Å². The van der Waals surface area contributed by atoms with Gasteiger partial charge in [-0.2, -0.15) is 0 Å². The van der Waals surface area contributed by atoms with E-state index < -0.39 is 16.4 Å². The summed E-state index contributed by atoms with van der Waals surface area (Å²) < 4.78 is 1.64. The number of carboxylic acids is 1. The molecule has 1 heterocycles. The summed E-state index contributed by atoms with van der Waals surface area (Å²) in [5.41, 5.74) is -0.471. The van der Waals surface area contributed by atoms with Gasteiger partial charge in [-0.15, -0.1) is 0 Å². The molecule has 0 atom stereocenters. The molecule has 120 valence electrons. The van der Waals surface area contributed by atoms with Gasteiger partial charge in [0.15, 0.2) is 0 Å². The molecule has 2 aromatic rings. The summed E-state index contributed by atoms with van der Waals surface area (Å²) >= 11 is 0. The van der Waals surface area contributed by atoms with E-state index in [0.29, 0.717) is 23.7 Å². The maximum Gasteiger partial charge on any atom is 0.329 e. The predicted octanol–water partition coefficient (Wildman–Crippen LogP) is 1.67. The number of benzene rings is 1. The summed E-state index contributed by atoms with van der Waals surface area (Å²) in [6.45, 7) is -0.0314. The zero-order valence-electron chi connectivity index (χ0n) is 12.2. The lowest BCUT2D eigenvalue weighted by Gasteiger charge is -2.38. The highest BCUT2D eigenvalue weighted by molar-refractivity contribution is 5.89. The van der Waals surface area contributed by atoms with E-state index in [1.54, 1.807) is 22.9 Å². The number of fused-ring (bicyclic) bond motifs is 1. The van der Waals surface area contributed by atoms with E-state index in [1.807, 2.05) is 0 Å². The Morgan fingerprint density at radius 2 is 2.09 bits per heavy atom. The van der Waals surface area contributed by atoms with E-state index in [4.69, 9.17) is 0 Å². The first-order chi connectivity index (χ1) is 10.9. The number of hydrogen-bond acceptors (Lipinski definition) is 4. The quantitative estimate of drug-likeness (QED) is 0.643. The molecule has 0 spiro atoms. The molecule has 23 heavy (non-hydrogen) atoms. The Balaban J connectivity index is 1.78. The van der Waals surface area contributed by atoms with Gasteiger partial charge in [0.1, 0.15) is 12.1 Å². The van der Waals surface area contributed by atoms with Crippen LogP contribution in [0.4, 0.5) is 5.69 Å². The first-order valence-corrected chi connectivity index (χ1v) is 7.19. The van der Waals surface area contributed by atoms with Gasteiger partial charge in [0.05, 0.1) is 4.92 Å². The Morgan fingerprint density at radius 3 is 2.65 bits per heavy atom. The van der Waals surface area contributed by atoms with Crippen molar-refractivity contribution in [3.63, 3.8) is 0 Å². The van der Waals surface area contributed by atoms with Crippen LogP contribution in [0.5, 0.6) is 0 Å². The zero-order valence-corrected chi connectivity index (χ0v) is 12.2. The maximum absolute atomic E-state index is 12.1. The van der Waals surface area contributed by atoms with Gasteiger partial charge in [-0.3, -0.25) is 14.9 Å². The lowest BCUT2D eigenvalue weighted by molar-refractivity contribution is -0.384. The molecule has 8 heteroatoms. The average Bonchev–Trinajstić information content (AvgIpc) is 2.84. The number of hydrogen-bond donors (Lipinski definition) is 2. The highest BCUT2D eigenvalue weighted by Gasteiger charge is 2.45. The van der Waals surface area contributed by atoms with Crippen molar-refractivity contribution in [2.75, 3.05) is 0 Å². The predicted molar refractivity (Wildman–Crippen MR) is 81.0 cm³/mol. The fourth-order valence-corrected chi connectivity index (χ4v) is 2.82. The number of carboxylic acid groups (broad SMARTS) is 1. The summed E-state index contributed by atoms with van der Waals surface area (Å²) in [6, 6.07) is 6.08. The minimum atomic E-state index is -1.14. The number of carbonyl (C=O) groups excluding carboxylic acids is 1. The monoisotopic (exact) mass is 317 g/mol. The topological polar surface area (TPSA) is 114 Å². The van der Waals surface area contributed by atoms with Crippen molar-refractivity contribution in [3.05, 3.63) is 40.6 Å². The van der Waals surface area contributed by atoms with Gasteiger partial charge in [-0.05, 0) is 31.4 Å². The van der Waals surface area contributed by atoms with Crippen molar-refractivity contribution in [1.29, 1.82) is 0 Å². The average molecular weight is 317 g/mol. The van der Waals surface area contributed by atoms with Crippen LogP contribution in [0.2, 0.25) is 0 Å². The molecule has 1 saturated carbocycles. The second kappa shape index (κ2) is 5.38. The molecule has 1 aromatic carbocycles. The number of nitro groups is 1. The van der Waals surface area contributed by atoms with Gasteiger partial charge in [-0.1, -0.05) is 0 Å². The molecule has 1 aromatic heterocycles. The van der Waals surface area contributed by atoms with Crippen LogP contribution >= 0.6 is 0 Å². The third-order valence-electron chi connectivity index (χ3n) is 4.27. The summed E-state index contributed by atoms with van der Waals surface area (Å²) in [6.07, 6.45) is 3.31. The van der Waals surface area contributed by atoms with Crippen LogP contribution in [-0.4, -0.2) is 32.0 Å². The number of carbonyl (C=O) groups is 2. The lowest BCUT2D eigenvalue weighted by atomic mass is 9.77. The second-order valence-corrected chi connectivity index (χ2v) is 5.73. The van der Waals surface area contributed by atoms with Gasteiger partial charge >= 0.3 is 5.97 Å². The minimum Gasteiger partial charge on any atom is -0.480 e. The second-order valence-electron chi connectivity index (χ2n) is 5.73. The fourth-order valence-electron chi connectivity index (χ4n) is 2.82. The van der Waals surface area contributed by atoms with Gasteiger partial charge in [-0.25, -0.2) is 4.79 Å². The standard InChI is InChI=1S/C15H15N3O5/c19-13(16-15(14(20)21)5-1-6-15)9-17-7-4-10-8-11(18(22)23)2-3-12(10)17/h2-4,7-8H,1,5-6,9H2,(H,16,19)(H,20,21). The van der Waals surface area contributed by atoms with E-state index in [0.717, 1.165) is 6.42 Å². The molecule has 0 radical (unpaired) electrons. The van der Waals surface area contributed by atoms with Crippen LogP contribution in [0.25, 0.3) is 10.9 Å². The molecule has 0 saturated heterocycles. The van der Waals surface area contributed by atoms with Gasteiger partial charge in [0.25, 0.3) is 5.69 Å². The van der Waals surface area contributed by atoms with E-state index in [-0.39, 0.29) is 18.1 Å². The number of nitrogens with one attached hydrogen (secondary N) is 1. The highest BCUT2D eigenvalue weighted by atomic mass is 16.6.